The fraction of sp³-hybridized carbons (Fsp3) is 0.391. The molecule has 1 atom stereocenters. The SMILES string of the molecule is CNc1cc(CN(C)C(C)=O)nc([C@@H]2CCCN2Cc2ccnc3ccccc23)n1. The van der Waals surface area contributed by atoms with Crippen molar-refractivity contribution in [3.05, 3.63) is 59.7 Å². The molecule has 0 saturated carbocycles. The standard InChI is InChI=1S/C23H28N6O/c1-16(30)28(3)15-18-13-22(24-2)27-23(26-18)21-9-6-12-29(21)14-17-10-11-25-20-8-5-4-7-19(17)20/h4-5,7-8,10-11,13,21H,6,9,12,14-15H2,1-3H3,(H,24,26,27)/t21-/m0/s1. The van der Waals surface area contributed by atoms with Crippen LogP contribution in [0.1, 0.15) is 42.9 Å². The highest BCUT2D eigenvalue weighted by Gasteiger charge is 2.29. The molecule has 0 spiro atoms. The van der Waals surface area contributed by atoms with Crippen LogP contribution in [0.4, 0.5) is 5.82 Å². The molecular formula is C23H28N6O. The van der Waals surface area contributed by atoms with Crippen molar-refractivity contribution >= 4 is 22.6 Å². The van der Waals surface area contributed by atoms with Gasteiger partial charge in [0.2, 0.25) is 5.91 Å². The van der Waals surface area contributed by atoms with E-state index < -0.39 is 0 Å². The largest absolute Gasteiger partial charge is 0.373 e. The second-order valence-corrected chi connectivity index (χ2v) is 7.84. The first-order chi connectivity index (χ1) is 14.5. The third-order valence-electron chi connectivity index (χ3n) is 5.76. The van der Waals surface area contributed by atoms with Crippen molar-refractivity contribution in [3.8, 4) is 0 Å². The molecule has 0 radical (unpaired) electrons. The van der Waals surface area contributed by atoms with Crippen molar-refractivity contribution < 1.29 is 4.79 Å². The Bertz CT molecular complexity index is 1050. The van der Waals surface area contributed by atoms with Gasteiger partial charge < -0.3 is 10.2 Å². The highest BCUT2D eigenvalue weighted by molar-refractivity contribution is 5.81. The highest BCUT2D eigenvalue weighted by Crippen LogP contribution is 2.33. The number of carbonyl (C=O) groups excluding carboxylic acids is 1. The number of nitrogens with one attached hydrogen (secondary N) is 1. The third-order valence-corrected chi connectivity index (χ3v) is 5.76. The van der Waals surface area contributed by atoms with Crippen molar-refractivity contribution in [1.82, 2.24) is 24.8 Å². The zero-order chi connectivity index (χ0) is 21.1. The van der Waals surface area contributed by atoms with E-state index in [1.165, 1.54) is 10.9 Å². The van der Waals surface area contributed by atoms with Crippen LogP contribution in [0.2, 0.25) is 0 Å². The Morgan fingerprint density at radius 3 is 2.90 bits per heavy atom. The van der Waals surface area contributed by atoms with Crippen molar-refractivity contribution in [2.24, 2.45) is 0 Å². The number of hydrogen-bond donors (Lipinski definition) is 1. The molecule has 0 bridgehead atoms. The van der Waals surface area contributed by atoms with Crippen LogP contribution >= 0.6 is 0 Å². The fourth-order valence-corrected chi connectivity index (χ4v) is 4.05. The van der Waals surface area contributed by atoms with Gasteiger partial charge in [-0.1, -0.05) is 18.2 Å². The van der Waals surface area contributed by atoms with Gasteiger partial charge in [0.25, 0.3) is 0 Å². The number of benzene rings is 1. The van der Waals surface area contributed by atoms with Gasteiger partial charge in [-0.05, 0) is 37.1 Å². The molecule has 0 unspecified atom stereocenters. The molecule has 7 nitrogen and oxygen atoms in total. The Labute approximate surface area is 177 Å². The topological polar surface area (TPSA) is 74.2 Å². The predicted octanol–water partition coefficient (Wildman–Crippen LogP) is 3.38. The van der Waals surface area contributed by atoms with Gasteiger partial charge in [0.1, 0.15) is 11.6 Å². The Kier molecular flexibility index (Phi) is 5.90. The van der Waals surface area contributed by atoms with E-state index >= 15 is 0 Å². The molecule has 1 saturated heterocycles. The normalized spacial score (nSPS) is 16.7. The van der Waals surface area contributed by atoms with Crippen LogP contribution in [0.15, 0.2) is 42.6 Å². The second-order valence-electron chi connectivity index (χ2n) is 7.84. The van der Waals surface area contributed by atoms with E-state index in [1.54, 1.807) is 18.9 Å². The van der Waals surface area contributed by atoms with Gasteiger partial charge in [-0.2, -0.15) is 0 Å². The molecule has 156 valence electrons. The number of para-hydroxylation sites is 1. The number of carbonyl (C=O) groups is 1. The van der Waals surface area contributed by atoms with Crippen molar-refractivity contribution in [2.45, 2.75) is 38.9 Å². The zero-order valence-electron chi connectivity index (χ0n) is 17.8. The van der Waals surface area contributed by atoms with Gasteiger partial charge in [-0.3, -0.25) is 14.7 Å². The molecular weight excluding hydrogens is 376 g/mol. The third kappa shape index (κ3) is 4.26. The Hall–Kier alpha value is -3.06. The van der Waals surface area contributed by atoms with Crippen molar-refractivity contribution in [2.75, 3.05) is 26.0 Å². The molecule has 2 aromatic heterocycles. The molecule has 3 aromatic rings. The van der Waals surface area contributed by atoms with Gasteiger partial charge >= 0.3 is 0 Å². The molecule has 1 aromatic carbocycles. The first-order valence-electron chi connectivity index (χ1n) is 10.4. The number of aromatic nitrogens is 3. The Morgan fingerprint density at radius 1 is 1.27 bits per heavy atom. The lowest BCUT2D eigenvalue weighted by Gasteiger charge is -2.25. The molecule has 3 heterocycles. The number of fused-ring (bicyclic) bond motifs is 1. The maximum Gasteiger partial charge on any atom is 0.219 e. The van der Waals surface area contributed by atoms with Crippen LogP contribution in [0, 0.1) is 0 Å². The predicted molar refractivity (Wildman–Crippen MR) is 118 cm³/mol. The number of pyridine rings is 1. The number of amides is 1. The maximum absolute atomic E-state index is 11.7. The minimum absolute atomic E-state index is 0.0215. The number of likely N-dealkylation sites (tertiary alicyclic amines) is 1. The van der Waals surface area contributed by atoms with Crippen LogP contribution in [-0.4, -0.2) is 51.3 Å². The van der Waals surface area contributed by atoms with Crippen LogP contribution in [0.3, 0.4) is 0 Å². The summed E-state index contributed by atoms with van der Waals surface area (Å²) in [6, 6.07) is 12.5. The number of hydrogen-bond acceptors (Lipinski definition) is 6. The maximum atomic E-state index is 11.7. The van der Waals surface area contributed by atoms with E-state index in [0.717, 1.165) is 48.8 Å². The van der Waals surface area contributed by atoms with E-state index in [4.69, 9.17) is 9.97 Å². The molecule has 1 amide bonds. The average Bonchev–Trinajstić information content (AvgIpc) is 3.22. The molecule has 1 aliphatic heterocycles. The summed E-state index contributed by atoms with van der Waals surface area (Å²) in [6.45, 7) is 3.89. The van der Waals surface area contributed by atoms with Crippen molar-refractivity contribution in [3.63, 3.8) is 0 Å². The van der Waals surface area contributed by atoms with E-state index in [-0.39, 0.29) is 11.9 Å². The minimum atomic E-state index is 0.0215. The molecule has 1 fully saturated rings. The van der Waals surface area contributed by atoms with E-state index in [0.29, 0.717) is 6.54 Å². The van der Waals surface area contributed by atoms with Crippen LogP contribution in [-0.2, 0) is 17.9 Å². The number of anilines is 1. The first-order valence-corrected chi connectivity index (χ1v) is 10.4. The summed E-state index contributed by atoms with van der Waals surface area (Å²) in [5.74, 6) is 1.63. The van der Waals surface area contributed by atoms with Crippen LogP contribution in [0.5, 0.6) is 0 Å². The first kappa shape index (κ1) is 20.2. The van der Waals surface area contributed by atoms with Gasteiger partial charge in [-0.15, -0.1) is 0 Å². The lowest BCUT2D eigenvalue weighted by atomic mass is 10.1. The fourth-order valence-electron chi connectivity index (χ4n) is 4.05. The summed E-state index contributed by atoms with van der Waals surface area (Å²) in [5, 5.41) is 4.33. The summed E-state index contributed by atoms with van der Waals surface area (Å²) in [5.41, 5.74) is 3.14. The smallest absolute Gasteiger partial charge is 0.219 e. The molecule has 1 aliphatic rings. The van der Waals surface area contributed by atoms with E-state index in [1.807, 2.05) is 25.4 Å². The second kappa shape index (κ2) is 8.75. The van der Waals surface area contributed by atoms with Gasteiger partial charge in [0, 0.05) is 45.2 Å². The lowest BCUT2D eigenvalue weighted by Crippen LogP contribution is -2.27. The van der Waals surface area contributed by atoms with E-state index in [2.05, 4.69) is 39.5 Å². The summed E-state index contributed by atoms with van der Waals surface area (Å²) in [7, 11) is 3.65. The summed E-state index contributed by atoms with van der Waals surface area (Å²) in [4.78, 5) is 29.9. The van der Waals surface area contributed by atoms with Crippen LogP contribution < -0.4 is 5.32 Å². The van der Waals surface area contributed by atoms with Gasteiger partial charge in [0.15, 0.2) is 0 Å². The lowest BCUT2D eigenvalue weighted by molar-refractivity contribution is -0.128. The Balaban J connectivity index is 1.62. The van der Waals surface area contributed by atoms with E-state index in [9.17, 15) is 4.79 Å². The number of rotatable bonds is 6. The van der Waals surface area contributed by atoms with Crippen molar-refractivity contribution in [1.29, 1.82) is 0 Å². The number of nitrogens with zero attached hydrogens (tertiary/aromatic N) is 5. The quantitative estimate of drug-likeness (QED) is 0.679. The monoisotopic (exact) mass is 404 g/mol. The summed E-state index contributed by atoms with van der Waals surface area (Å²) in [6.07, 6.45) is 4.03. The average molecular weight is 405 g/mol. The zero-order valence-corrected chi connectivity index (χ0v) is 17.8. The van der Waals surface area contributed by atoms with Gasteiger partial charge in [-0.25, -0.2) is 9.97 Å². The minimum Gasteiger partial charge on any atom is -0.373 e. The van der Waals surface area contributed by atoms with Crippen LogP contribution in [0.25, 0.3) is 10.9 Å². The summed E-state index contributed by atoms with van der Waals surface area (Å²) < 4.78 is 0. The molecule has 0 aliphatic carbocycles. The molecule has 30 heavy (non-hydrogen) atoms. The van der Waals surface area contributed by atoms with Gasteiger partial charge in [0.05, 0.1) is 23.8 Å². The molecule has 7 heteroatoms. The molecule has 4 rings (SSSR count). The highest BCUT2D eigenvalue weighted by atomic mass is 16.2. The summed E-state index contributed by atoms with van der Waals surface area (Å²) >= 11 is 0. The Morgan fingerprint density at radius 2 is 2.10 bits per heavy atom. The molecule has 1 N–H and O–H groups in total.